The molecule has 0 saturated carbocycles. The summed E-state index contributed by atoms with van der Waals surface area (Å²) < 4.78 is 34.3. The molecular weight excluding hydrogens is 1120 g/mol. The van der Waals surface area contributed by atoms with Crippen LogP contribution in [0.1, 0.15) is 245 Å². The van der Waals surface area contributed by atoms with E-state index in [2.05, 4.69) is 55.6 Å². The molecule has 0 radical (unpaired) electrons. The fourth-order valence-electron chi connectivity index (χ4n) is 11.5. The Balaban J connectivity index is 1.46. The molecule has 12 N–H and O–H groups in total. The molecule has 3 saturated heterocycles. The van der Waals surface area contributed by atoms with Crippen LogP contribution in [0.5, 0.6) is 0 Å². The smallest absolute Gasteiger partial charge is 0.220 e. The molecule has 87 heavy (non-hydrogen) atoms. The lowest BCUT2D eigenvalue weighted by Gasteiger charge is -2.48. The first-order chi connectivity index (χ1) is 42.3. The van der Waals surface area contributed by atoms with Gasteiger partial charge in [0, 0.05) is 6.42 Å². The highest BCUT2D eigenvalue weighted by atomic mass is 16.8. The minimum Gasteiger partial charge on any atom is -0.394 e. The third-order valence-corrected chi connectivity index (χ3v) is 17.1. The molecule has 0 bridgehead atoms. The van der Waals surface area contributed by atoms with Crippen molar-refractivity contribution in [1.82, 2.24) is 5.32 Å². The highest BCUT2D eigenvalue weighted by molar-refractivity contribution is 5.76. The first-order valence-corrected chi connectivity index (χ1v) is 34.4. The zero-order chi connectivity index (χ0) is 63.3. The number of aliphatic hydroxyl groups is 11. The van der Waals surface area contributed by atoms with Crippen LogP contribution in [-0.2, 0) is 33.2 Å². The van der Waals surface area contributed by atoms with Crippen molar-refractivity contribution in [3.63, 3.8) is 0 Å². The standard InChI is InChI=1S/C68H123NO18/c1-3-5-7-9-11-13-15-17-19-21-23-24-25-26-28-30-32-34-36-38-40-42-44-46-56(74)69-51(52(73)45-43-41-39-37-35-33-31-29-27-22-20-18-16-14-12-10-8-6-4-2)50-82-66-62(80)59(77)64(54(48-71)84-66)87-68-63(81)60(78)65(55(49-72)85-68)86-67-61(79)58(76)57(75)53(47-70)83-67/h15,17,21,23,35,37,43,45,51-55,57-68,70-73,75-81H,3-14,16,18-20,22,24-34,36,38-42,44,46-50H2,1-2H3,(H,69,74)/b17-15-,23-21-,37-35+,45-43+. The molecule has 0 spiro atoms. The van der Waals surface area contributed by atoms with Crippen LogP contribution >= 0.6 is 0 Å². The van der Waals surface area contributed by atoms with Crippen LogP contribution in [-0.4, -0.2) is 193 Å². The molecule has 3 aliphatic heterocycles. The maximum Gasteiger partial charge on any atom is 0.220 e. The summed E-state index contributed by atoms with van der Waals surface area (Å²) in [6, 6.07) is -0.992. The molecule has 3 rings (SSSR count). The van der Waals surface area contributed by atoms with Gasteiger partial charge in [0.05, 0.1) is 38.6 Å². The fourth-order valence-corrected chi connectivity index (χ4v) is 11.5. The van der Waals surface area contributed by atoms with Gasteiger partial charge in [-0.3, -0.25) is 4.79 Å². The zero-order valence-electron chi connectivity index (χ0n) is 53.5. The van der Waals surface area contributed by atoms with E-state index < -0.39 is 124 Å². The summed E-state index contributed by atoms with van der Waals surface area (Å²) in [6.45, 7) is 1.71. The number of aliphatic hydroxyl groups excluding tert-OH is 11. The van der Waals surface area contributed by atoms with Crippen molar-refractivity contribution in [2.75, 3.05) is 26.4 Å². The minimum absolute atomic E-state index is 0.233. The summed E-state index contributed by atoms with van der Waals surface area (Å²) in [4.78, 5) is 13.4. The highest BCUT2D eigenvalue weighted by Gasteiger charge is 2.53. The van der Waals surface area contributed by atoms with Crippen molar-refractivity contribution < 1.29 is 89.4 Å². The van der Waals surface area contributed by atoms with Gasteiger partial charge in [0.2, 0.25) is 5.91 Å². The average Bonchev–Trinajstić information content (AvgIpc) is 2.58. The van der Waals surface area contributed by atoms with Gasteiger partial charge < -0.3 is 89.9 Å². The first kappa shape index (κ1) is 79.0. The Hall–Kier alpha value is -2.25. The summed E-state index contributed by atoms with van der Waals surface area (Å²) in [5.41, 5.74) is 0. The van der Waals surface area contributed by atoms with Crippen molar-refractivity contribution in [1.29, 1.82) is 0 Å². The number of nitrogens with one attached hydrogen (secondary N) is 1. The van der Waals surface area contributed by atoms with Crippen LogP contribution in [0.15, 0.2) is 48.6 Å². The molecular formula is C68H123NO18. The van der Waals surface area contributed by atoms with E-state index in [1.165, 1.54) is 161 Å². The van der Waals surface area contributed by atoms with Crippen molar-refractivity contribution in [3.05, 3.63) is 48.6 Å². The molecule has 3 aliphatic rings. The van der Waals surface area contributed by atoms with Crippen molar-refractivity contribution in [3.8, 4) is 0 Å². The number of allylic oxidation sites excluding steroid dienone is 7. The molecule has 3 fully saturated rings. The van der Waals surface area contributed by atoms with E-state index in [9.17, 15) is 61.0 Å². The number of ether oxygens (including phenoxy) is 6. The molecule has 17 unspecified atom stereocenters. The van der Waals surface area contributed by atoms with Gasteiger partial charge in [-0.05, 0) is 64.2 Å². The van der Waals surface area contributed by atoms with Crippen LogP contribution in [0.4, 0.5) is 0 Å². The second-order valence-corrected chi connectivity index (χ2v) is 24.6. The maximum atomic E-state index is 13.4. The number of hydrogen-bond donors (Lipinski definition) is 12. The molecule has 1 amide bonds. The predicted molar refractivity (Wildman–Crippen MR) is 337 cm³/mol. The molecule has 0 aliphatic carbocycles. The SMILES string of the molecule is CCCCCCC/C=C\C/C=C\CCCCCCCCCCCCCC(=O)NC(COC1OC(CO)C(OC2OC(CO)C(OC3OC(CO)C(O)C(O)C3O)C(O)C2O)C(O)C1O)C(O)/C=C/CC/C=C/CCCCCCCCCCCCCCC. The Morgan fingerprint density at radius 2 is 0.770 bits per heavy atom. The summed E-state index contributed by atoms with van der Waals surface area (Å²) in [6.07, 6.45) is 32.2. The van der Waals surface area contributed by atoms with E-state index >= 15 is 0 Å². The minimum atomic E-state index is -1.98. The van der Waals surface area contributed by atoms with Crippen LogP contribution in [0.25, 0.3) is 0 Å². The molecule has 3 heterocycles. The monoisotopic (exact) mass is 1240 g/mol. The Morgan fingerprint density at radius 3 is 1.22 bits per heavy atom. The van der Waals surface area contributed by atoms with E-state index in [0.29, 0.717) is 12.8 Å². The van der Waals surface area contributed by atoms with Crippen LogP contribution in [0.3, 0.4) is 0 Å². The van der Waals surface area contributed by atoms with E-state index in [-0.39, 0.29) is 18.9 Å². The van der Waals surface area contributed by atoms with E-state index in [4.69, 9.17) is 28.4 Å². The van der Waals surface area contributed by atoms with Gasteiger partial charge in [-0.25, -0.2) is 0 Å². The van der Waals surface area contributed by atoms with Crippen LogP contribution in [0, 0.1) is 0 Å². The summed E-state index contributed by atoms with van der Waals surface area (Å²) >= 11 is 0. The lowest BCUT2D eigenvalue weighted by Crippen LogP contribution is -2.66. The van der Waals surface area contributed by atoms with Crippen LogP contribution in [0.2, 0.25) is 0 Å². The van der Waals surface area contributed by atoms with Crippen molar-refractivity contribution in [2.24, 2.45) is 0 Å². The zero-order valence-corrected chi connectivity index (χ0v) is 53.5. The second-order valence-electron chi connectivity index (χ2n) is 24.6. The normalized spacial score (nSPS) is 28.9. The Labute approximate surface area is 523 Å². The molecule has 508 valence electrons. The third kappa shape index (κ3) is 32.7. The predicted octanol–water partition coefficient (Wildman–Crippen LogP) is 8.61. The largest absolute Gasteiger partial charge is 0.394 e. The van der Waals surface area contributed by atoms with Crippen molar-refractivity contribution in [2.45, 2.75) is 349 Å². The molecule has 19 heteroatoms. The maximum absolute atomic E-state index is 13.4. The van der Waals surface area contributed by atoms with Gasteiger partial charge in [0.15, 0.2) is 18.9 Å². The van der Waals surface area contributed by atoms with E-state index in [0.717, 1.165) is 51.4 Å². The van der Waals surface area contributed by atoms with Gasteiger partial charge in [-0.2, -0.15) is 0 Å². The summed E-state index contributed by atoms with van der Waals surface area (Å²) in [5, 5.41) is 120. The number of amides is 1. The molecule has 0 aromatic rings. The van der Waals surface area contributed by atoms with Crippen LogP contribution < -0.4 is 5.32 Å². The van der Waals surface area contributed by atoms with Gasteiger partial charge in [0.1, 0.15) is 73.2 Å². The second kappa shape index (κ2) is 50.3. The van der Waals surface area contributed by atoms with E-state index in [1.807, 2.05) is 6.08 Å². The Kier molecular flexibility index (Phi) is 45.7. The highest BCUT2D eigenvalue weighted by Crippen LogP contribution is 2.33. The fraction of sp³-hybridized carbons (Fsp3) is 0.868. The first-order valence-electron chi connectivity index (χ1n) is 34.4. The Morgan fingerprint density at radius 1 is 0.414 bits per heavy atom. The number of carbonyl (C=O) groups excluding carboxylic acids is 1. The summed E-state index contributed by atoms with van der Waals surface area (Å²) in [7, 11) is 0. The van der Waals surface area contributed by atoms with Gasteiger partial charge >= 0.3 is 0 Å². The van der Waals surface area contributed by atoms with Gasteiger partial charge in [-0.1, -0.05) is 223 Å². The third-order valence-electron chi connectivity index (χ3n) is 17.1. The average molecular weight is 1240 g/mol. The number of rotatable bonds is 52. The molecule has 19 nitrogen and oxygen atoms in total. The number of unbranched alkanes of at least 4 members (excludes halogenated alkanes) is 30. The molecule has 0 aromatic carbocycles. The number of hydrogen-bond acceptors (Lipinski definition) is 18. The number of carbonyl (C=O) groups is 1. The summed E-state index contributed by atoms with van der Waals surface area (Å²) in [5.74, 6) is -0.287. The Bertz CT molecular complexity index is 1770. The quantitative estimate of drug-likeness (QED) is 0.0200. The van der Waals surface area contributed by atoms with Gasteiger partial charge in [0.25, 0.3) is 0 Å². The van der Waals surface area contributed by atoms with Gasteiger partial charge in [-0.15, -0.1) is 0 Å². The topological polar surface area (TPSA) is 307 Å². The van der Waals surface area contributed by atoms with E-state index in [1.54, 1.807) is 6.08 Å². The molecule has 0 aromatic heterocycles. The molecule has 17 atom stereocenters. The lowest BCUT2D eigenvalue weighted by atomic mass is 9.96. The van der Waals surface area contributed by atoms with Crippen molar-refractivity contribution >= 4 is 5.91 Å². The lowest BCUT2D eigenvalue weighted by molar-refractivity contribution is -0.379.